The fourth-order valence-corrected chi connectivity index (χ4v) is 3.04. The molecule has 1 N–H and O–H groups in total. The van der Waals surface area contributed by atoms with Crippen LogP contribution in [0.4, 0.5) is 0 Å². The van der Waals surface area contributed by atoms with Gasteiger partial charge in [0.05, 0.1) is 25.0 Å². The molecule has 0 radical (unpaired) electrons. The number of hydrogen-bond acceptors (Lipinski definition) is 7. The molecule has 0 aliphatic rings. The molecule has 0 saturated heterocycles. The minimum absolute atomic E-state index is 0.161. The standard InChI is InChI=1S/C27H28N2O6/c1-4-32-22-12-10-21(11-13-22)27(31)35-24-14-9-20(16-25(24)33-5-2)17-28-29-26(30)18-34-23-8-6-7-19(3)15-23/h6-17H,4-5,18H2,1-3H3,(H,29,30)/b28-17+. The summed E-state index contributed by atoms with van der Waals surface area (Å²) in [6, 6.07) is 19.1. The van der Waals surface area contributed by atoms with Gasteiger partial charge in [-0.3, -0.25) is 4.79 Å². The van der Waals surface area contributed by atoms with Gasteiger partial charge in [0.25, 0.3) is 5.91 Å². The smallest absolute Gasteiger partial charge is 0.343 e. The van der Waals surface area contributed by atoms with Gasteiger partial charge < -0.3 is 18.9 Å². The van der Waals surface area contributed by atoms with Crippen molar-refractivity contribution in [3.8, 4) is 23.0 Å². The van der Waals surface area contributed by atoms with Crippen LogP contribution < -0.4 is 24.4 Å². The first-order valence-corrected chi connectivity index (χ1v) is 11.2. The first-order valence-electron chi connectivity index (χ1n) is 11.2. The summed E-state index contributed by atoms with van der Waals surface area (Å²) < 4.78 is 22.0. The van der Waals surface area contributed by atoms with E-state index in [4.69, 9.17) is 18.9 Å². The Morgan fingerprint density at radius 1 is 0.857 bits per heavy atom. The number of carbonyl (C=O) groups is 2. The molecule has 0 aromatic heterocycles. The maximum absolute atomic E-state index is 12.6. The Morgan fingerprint density at radius 3 is 2.34 bits per heavy atom. The number of benzene rings is 3. The molecule has 8 nitrogen and oxygen atoms in total. The van der Waals surface area contributed by atoms with E-state index in [0.29, 0.717) is 41.6 Å². The molecule has 182 valence electrons. The van der Waals surface area contributed by atoms with E-state index < -0.39 is 11.9 Å². The SMILES string of the molecule is CCOc1ccc(C(=O)Oc2ccc(/C=N/NC(=O)COc3cccc(C)c3)cc2OCC)cc1. The van der Waals surface area contributed by atoms with E-state index in [0.717, 1.165) is 5.56 Å². The van der Waals surface area contributed by atoms with Crippen molar-refractivity contribution in [2.45, 2.75) is 20.8 Å². The largest absolute Gasteiger partial charge is 0.494 e. The number of hydrogen-bond donors (Lipinski definition) is 1. The average Bonchev–Trinajstić information content (AvgIpc) is 2.85. The molecule has 3 aromatic rings. The fraction of sp³-hybridized carbons (Fsp3) is 0.222. The predicted molar refractivity (Wildman–Crippen MR) is 133 cm³/mol. The lowest BCUT2D eigenvalue weighted by Crippen LogP contribution is -2.24. The van der Waals surface area contributed by atoms with E-state index in [1.807, 2.05) is 39.0 Å². The molecule has 0 aliphatic carbocycles. The van der Waals surface area contributed by atoms with Crippen LogP contribution in [0.2, 0.25) is 0 Å². The average molecular weight is 477 g/mol. The zero-order valence-corrected chi connectivity index (χ0v) is 19.9. The van der Waals surface area contributed by atoms with Crippen molar-refractivity contribution in [3.05, 3.63) is 83.4 Å². The summed E-state index contributed by atoms with van der Waals surface area (Å²) in [5.41, 5.74) is 4.49. The van der Waals surface area contributed by atoms with Crippen LogP contribution in [0.3, 0.4) is 0 Å². The number of carbonyl (C=O) groups excluding carboxylic acids is 2. The summed E-state index contributed by atoms with van der Waals surface area (Å²) in [5, 5.41) is 3.95. The van der Waals surface area contributed by atoms with Crippen LogP contribution in [0.15, 0.2) is 71.8 Å². The second kappa shape index (κ2) is 12.8. The van der Waals surface area contributed by atoms with Crippen LogP contribution in [0.5, 0.6) is 23.0 Å². The van der Waals surface area contributed by atoms with E-state index in [1.54, 1.807) is 48.5 Å². The lowest BCUT2D eigenvalue weighted by atomic mass is 10.2. The Labute approximate surface area is 204 Å². The van der Waals surface area contributed by atoms with Crippen LogP contribution in [0.25, 0.3) is 0 Å². The molecule has 0 aliphatic heterocycles. The molecule has 0 unspecified atom stereocenters. The summed E-state index contributed by atoms with van der Waals surface area (Å²) in [7, 11) is 0. The lowest BCUT2D eigenvalue weighted by molar-refractivity contribution is -0.123. The number of ether oxygens (including phenoxy) is 4. The molecule has 0 fully saturated rings. The number of nitrogens with one attached hydrogen (secondary N) is 1. The molecule has 3 aromatic carbocycles. The third kappa shape index (κ3) is 7.89. The summed E-state index contributed by atoms with van der Waals surface area (Å²) in [6.07, 6.45) is 1.46. The Morgan fingerprint density at radius 2 is 1.63 bits per heavy atom. The quantitative estimate of drug-likeness (QED) is 0.189. The van der Waals surface area contributed by atoms with Crippen LogP contribution in [0.1, 0.15) is 35.3 Å². The molecule has 0 atom stereocenters. The van der Waals surface area contributed by atoms with Gasteiger partial charge in [-0.1, -0.05) is 12.1 Å². The second-order valence-corrected chi connectivity index (χ2v) is 7.38. The van der Waals surface area contributed by atoms with Crippen molar-refractivity contribution in [1.29, 1.82) is 0 Å². The van der Waals surface area contributed by atoms with Gasteiger partial charge >= 0.3 is 5.97 Å². The van der Waals surface area contributed by atoms with Crippen molar-refractivity contribution >= 4 is 18.1 Å². The zero-order chi connectivity index (χ0) is 25.0. The highest BCUT2D eigenvalue weighted by Crippen LogP contribution is 2.29. The van der Waals surface area contributed by atoms with E-state index in [1.165, 1.54) is 6.21 Å². The highest BCUT2D eigenvalue weighted by Gasteiger charge is 2.13. The van der Waals surface area contributed by atoms with Crippen LogP contribution in [-0.2, 0) is 4.79 Å². The third-order valence-electron chi connectivity index (χ3n) is 4.63. The predicted octanol–water partition coefficient (Wildman–Crippen LogP) is 4.54. The molecule has 35 heavy (non-hydrogen) atoms. The van der Waals surface area contributed by atoms with Crippen LogP contribution >= 0.6 is 0 Å². The third-order valence-corrected chi connectivity index (χ3v) is 4.63. The highest BCUT2D eigenvalue weighted by atomic mass is 16.6. The molecule has 3 rings (SSSR count). The van der Waals surface area contributed by atoms with Crippen LogP contribution in [-0.4, -0.2) is 37.9 Å². The van der Waals surface area contributed by atoms with Gasteiger partial charge in [-0.15, -0.1) is 0 Å². The Balaban J connectivity index is 1.59. The first-order chi connectivity index (χ1) is 17.0. The highest BCUT2D eigenvalue weighted by molar-refractivity contribution is 5.92. The number of esters is 1. The van der Waals surface area contributed by atoms with Gasteiger partial charge in [0.2, 0.25) is 0 Å². The van der Waals surface area contributed by atoms with Gasteiger partial charge in [-0.05, 0) is 86.5 Å². The minimum atomic E-state index is -0.517. The molecule has 1 amide bonds. The normalized spacial score (nSPS) is 10.6. The summed E-state index contributed by atoms with van der Waals surface area (Å²) in [6.45, 7) is 6.42. The number of amides is 1. The maximum Gasteiger partial charge on any atom is 0.343 e. The zero-order valence-electron chi connectivity index (χ0n) is 19.9. The Kier molecular flexibility index (Phi) is 9.24. The van der Waals surface area contributed by atoms with E-state index in [-0.39, 0.29) is 12.4 Å². The van der Waals surface area contributed by atoms with Crippen molar-refractivity contribution in [1.82, 2.24) is 5.43 Å². The summed E-state index contributed by atoms with van der Waals surface area (Å²) in [4.78, 5) is 24.5. The minimum Gasteiger partial charge on any atom is -0.494 e. The molecular weight excluding hydrogens is 448 g/mol. The van der Waals surface area contributed by atoms with Crippen molar-refractivity contribution in [3.63, 3.8) is 0 Å². The molecular formula is C27H28N2O6. The number of aryl methyl sites for hydroxylation is 1. The van der Waals surface area contributed by atoms with Crippen LogP contribution in [0, 0.1) is 6.92 Å². The Bertz CT molecular complexity index is 1170. The molecule has 0 heterocycles. The van der Waals surface area contributed by atoms with E-state index in [9.17, 15) is 9.59 Å². The van der Waals surface area contributed by atoms with Gasteiger partial charge in [0.1, 0.15) is 11.5 Å². The summed E-state index contributed by atoms with van der Waals surface area (Å²) in [5.74, 6) is 1.03. The van der Waals surface area contributed by atoms with E-state index in [2.05, 4.69) is 10.5 Å². The fourth-order valence-electron chi connectivity index (χ4n) is 3.04. The van der Waals surface area contributed by atoms with E-state index >= 15 is 0 Å². The molecule has 0 saturated carbocycles. The second-order valence-electron chi connectivity index (χ2n) is 7.38. The van der Waals surface area contributed by atoms with Gasteiger partial charge in [-0.2, -0.15) is 5.10 Å². The first kappa shape index (κ1) is 25.3. The van der Waals surface area contributed by atoms with Gasteiger partial charge in [-0.25, -0.2) is 10.2 Å². The number of rotatable bonds is 11. The molecule has 0 bridgehead atoms. The van der Waals surface area contributed by atoms with Crippen molar-refractivity contribution in [2.24, 2.45) is 5.10 Å². The van der Waals surface area contributed by atoms with Crippen molar-refractivity contribution in [2.75, 3.05) is 19.8 Å². The number of hydrazone groups is 1. The summed E-state index contributed by atoms with van der Waals surface area (Å²) >= 11 is 0. The Hall–Kier alpha value is -4.33. The lowest BCUT2D eigenvalue weighted by Gasteiger charge is -2.11. The van der Waals surface area contributed by atoms with Crippen molar-refractivity contribution < 1.29 is 28.5 Å². The molecule has 8 heteroatoms. The molecule has 0 spiro atoms. The topological polar surface area (TPSA) is 95.5 Å². The monoisotopic (exact) mass is 476 g/mol. The maximum atomic E-state index is 12.6. The van der Waals surface area contributed by atoms with Gasteiger partial charge in [0.15, 0.2) is 18.1 Å². The number of nitrogens with zero attached hydrogens (tertiary/aromatic N) is 1. The van der Waals surface area contributed by atoms with Gasteiger partial charge in [0, 0.05) is 0 Å².